The van der Waals surface area contributed by atoms with Gasteiger partial charge in [0.2, 0.25) is 0 Å². The van der Waals surface area contributed by atoms with E-state index in [0.717, 1.165) is 0 Å². The molecule has 20 heavy (non-hydrogen) atoms. The van der Waals surface area contributed by atoms with E-state index in [9.17, 15) is 14.7 Å². The highest BCUT2D eigenvalue weighted by atomic mass is 16.5. The number of amides is 1. The van der Waals surface area contributed by atoms with Crippen LogP contribution in [0.2, 0.25) is 0 Å². The van der Waals surface area contributed by atoms with Gasteiger partial charge in [-0.25, -0.2) is 4.79 Å². The third kappa shape index (κ3) is 4.10. The molecule has 0 saturated carbocycles. The molecule has 0 aliphatic carbocycles. The fourth-order valence-electron chi connectivity index (χ4n) is 1.54. The Labute approximate surface area is 116 Å². The number of hydrogen-bond acceptors (Lipinski definition) is 4. The second-order valence-corrected chi connectivity index (χ2v) is 4.13. The first-order valence-corrected chi connectivity index (χ1v) is 6.01. The smallest absolute Gasteiger partial charge is 0.328 e. The van der Waals surface area contributed by atoms with Crippen molar-refractivity contribution in [2.45, 2.75) is 19.1 Å². The van der Waals surface area contributed by atoms with Crippen LogP contribution in [0.15, 0.2) is 36.9 Å². The molecule has 1 aromatic rings. The summed E-state index contributed by atoms with van der Waals surface area (Å²) in [6.07, 6.45) is 0.322. The number of aliphatic hydroxyl groups is 1. The normalized spacial score (nSPS) is 13.1. The van der Waals surface area contributed by atoms with Gasteiger partial charge in [-0.15, -0.1) is 0 Å². The number of benzene rings is 1. The largest absolute Gasteiger partial charge is 0.489 e. The summed E-state index contributed by atoms with van der Waals surface area (Å²) >= 11 is 0. The van der Waals surface area contributed by atoms with Crippen LogP contribution in [-0.4, -0.2) is 40.8 Å². The number of ether oxygens (including phenoxy) is 1. The topological polar surface area (TPSA) is 95.9 Å². The van der Waals surface area contributed by atoms with Gasteiger partial charge in [0.25, 0.3) is 5.91 Å². The van der Waals surface area contributed by atoms with Crippen LogP contribution in [0.4, 0.5) is 0 Å². The van der Waals surface area contributed by atoms with Gasteiger partial charge in [-0.3, -0.25) is 4.79 Å². The van der Waals surface area contributed by atoms with Crippen LogP contribution in [0.5, 0.6) is 5.75 Å². The van der Waals surface area contributed by atoms with Crippen LogP contribution in [0.25, 0.3) is 0 Å². The minimum Gasteiger partial charge on any atom is -0.489 e. The van der Waals surface area contributed by atoms with Crippen LogP contribution >= 0.6 is 0 Å². The number of carbonyl (C=O) groups excluding carboxylic acids is 1. The summed E-state index contributed by atoms with van der Waals surface area (Å²) in [5.41, 5.74) is 0.196. The number of carboxylic acids is 1. The number of aliphatic hydroxyl groups excluding tert-OH is 1. The van der Waals surface area contributed by atoms with Crippen molar-refractivity contribution in [2.24, 2.45) is 0 Å². The molecule has 108 valence electrons. The molecule has 6 nitrogen and oxygen atoms in total. The first-order valence-electron chi connectivity index (χ1n) is 6.01. The Morgan fingerprint density at radius 3 is 2.65 bits per heavy atom. The summed E-state index contributed by atoms with van der Waals surface area (Å²) in [7, 11) is 0. The minimum absolute atomic E-state index is 0.196. The van der Waals surface area contributed by atoms with E-state index in [2.05, 4.69) is 11.9 Å². The molecule has 1 amide bonds. The van der Waals surface area contributed by atoms with E-state index < -0.39 is 24.0 Å². The summed E-state index contributed by atoms with van der Waals surface area (Å²) in [6, 6.07) is 5.05. The maximum atomic E-state index is 12.1. The Hall–Kier alpha value is -2.34. The predicted molar refractivity (Wildman–Crippen MR) is 72.7 cm³/mol. The number of aliphatic carboxylic acids is 1. The Bertz CT molecular complexity index is 498. The molecule has 0 saturated heterocycles. The Morgan fingerprint density at radius 1 is 1.45 bits per heavy atom. The quantitative estimate of drug-likeness (QED) is 0.642. The zero-order chi connectivity index (χ0) is 15.1. The molecular weight excluding hydrogens is 262 g/mol. The molecule has 0 spiro atoms. The molecular formula is C14H17NO5. The maximum absolute atomic E-state index is 12.1. The highest BCUT2D eigenvalue weighted by Gasteiger charge is 2.26. The fourth-order valence-corrected chi connectivity index (χ4v) is 1.54. The monoisotopic (exact) mass is 279 g/mol. The van der Waals surface area contributed by atoms with Gasteiger partial charge in [-0.2, -0.15) is 0 Å². The van der Waals surface area contributed by atoms with Crippen molar-refractivity contribution in [1.29, 1.82) is 0 Å². The second-order valence-electron chi connectivity index (χ2n) is 4.13. The van der Waals surface area contributed by atoms with Crippen LogP contribution in [0, 0.1) is 0 Å². The molecule has 2 unspecified atom stereocenters. The van der Waals surface area contributed by atoms with Gasteiger partial charge >= 0.3 is 5.97 Å². The van der Waals surface area contributed by atoms with E-state index in [4.69, 9.17) is 9.84 Å². The number of nitrogens with one attached hydrogen (secondary N) is 1. The van der Waals surface area contributed by atoms with Gasteiger partial charge in [-0.1, -0.05) is 24.8 Å². The van der Waals surface area contributed by atoms with Gasteiger partial charge < -0.3 is 20.3 Å². The van der Waals surface area contributed by atoms with Crippen molar-refractivity contribution < 1.29 is 24.5 Å². The van der Waals surface area contributed by atoms with Crippen molar-refractivity contribution in [3.8, 4) is 5.75 Å². The van der Waals surface area contributed by atoms with Gasteiger partial charge in [0, 0.05) is 0 Å². The summed E-state index contributed by atoms with van der Waals surface area (Å²) in [5.74, 6) is -1.62. The fraction of sp³-hybridized carbons (Fsp3) is 0.286. The zero-order valence-electron chi connectivity index (χ0n) is 11.1. The van der Waals surface area contributed by atoms with E-state index in [0.29, 0.717) is 5.75 Å². The van der Waals surface area contributed by atoms with Crippen molar-refractivity contribution in [1.82, 2.24) is 5.32 Å². The van der Waals surface area contributed by atoms with Gasteiger partial charge in [0.15, 0.2) is 6.04 Å². The predicted octanol–water partition coefficient (Wildman–Crippen LogP) is 0.815. The third-order valence-electron chi connectivity index (χ3n) is 2.52. The van der Waals surface area contributed by atoms with Crippen LogP contribution < -0.4 is 10.1 Å². The van der Waals surface area contributed by atoms with Gasteiger partial charge in [0.05, 0.1) is 11.7 Å². The zero-order valence-corrected chi connectivity index (χ0v) is 11.1. The molecule has 2 atom stereocenters. The van der Waals surface area contributed by atoms with Crippen LogP contribution in [-0.2, 0) is 4.79 Å². The SMILES string of the molecule is C=CCOc1ccccc1C(=O)NC(C(=O)O)C(C)O. The minimum atomic E-state index is -1.38. The summed E-state index contributed by atoms with van der Waals surface area (Å²) in [5, 5.41) is 20.5. The van der Waals surface area contributed by atoms with Gasteiger partial charge in [0.1, 0.15) is 12.4 Å². The van der Waals surface area contributed by atoms with Crippen molar-refractivity contribution in [3.63, 3.8) is 0 Å². The van der Waals surface area contributed by atoms with Crippen molar-refractivity contribution in [3.05, 3.63) is 42.5 Å². The number of hydrogen-bond donors (Lipinski definition) is 3. The summed E-state index contributed by atoms with van der Waals surface area (Å²) in [4.78, 5) is 23.0. The highest BCUT2D eigenvalue weighted by Crippen LogP contribution is 2.18. The van der Waals surface area contributed by atoms with Crippen LogP contribution in [0.3, 0.4) is 0 Å². The van der Waals surface area contributed by atoms with Crippen LogP contribution in [0.1, 0.15) is 17.3 Å². The molecule has 0 aromatic heterocycles. The molecule has 0 aliphatic heterocycles. The van der Waals surface area contributed by atoms with Gasteiger partial charge in [-0.05, 0) is 19.1 Å². The van der Waals surface area contributed by atoms with E-state index in [-0.39, 0.29) is 12.2 Å². The third-order valence-corrected chi connectivity index (χ3v) is 2.52. The molecule has 0 fully saturated rings. The van der Waals surface area contributed by atoms with E-state index in [1.54, 1.807) is 18.2 Å². The summed E-state index contributed by atoms with van der Waals surface area (Å²) in [6.45, 7) is 5.02. The van der Waals surface area contributed by atoms with E-state index in [1.165, 1.54) is 19.1 Å². The molecule has 0 heterocycles. The maximum Gasteiger partial charge on any atom is 0.328 e. The molecule has 3 N–H and O–H groups in total. The molecule has 1 aromatic carbocycles. The average molecular weight is 279 g/mol. The highest BCUT2D eigenvalue weighted by molar-refractivity contribution is 5.99. The molecule has 0 bridgehead atoms. The number of carboxylic acid groups (broad SMARTS) is 1. The molecule has 1 rings (SSSR count). The Balaban J connectivity index is 2.91. The standard InChI is InChI=1S/C14H17NO5/c1-3-8-20-11-7-5-4-6-10(11)13(17)15-12(9(2)16)14(18)19/h3-7,9,12,16H,1,8H2,2H3,(H,15,17)(H,18,19). The first kappa shape index (κ1) is 15.7. The number of carbonyl (C=O) groups is 2. The Kier molecular flexibility index (Phi) is 5.74. The van der Waals surface area contributed by atoms with E-state index >= 15 is 0 Å². The molecule has 0 radical (unpaired) electrons. The Morgan fingerprint density at radius 2 is 2.10 bits per heavy atom. The molecule has 6 heteroatoms. The lowest BCUT2D eigenvalue weighted by atomic mass is 10.1. The lowest BCUT2D eigenvalue weighted by molar-refractivity contribution is -0.141. The number of rotatable bonds is 7. The first-order chi connectivity index (χ1) is 9.47. The second kappa shape index (κ2) is 7.30. The lowest BCUT2D eigenvalue weighted by Gasteiger charge is -2.18. The van der Waals surface area contributed by atoms with E-state index in [1.807, 2.05) is 0 Å². The average Bonchev–Trinajstić information content (AvgIpc) is 2.41. The molecule has 0 aliphatic rings. The lowest BCUT2D eigenvalue weighted by Crippen LogP contribution is -2.47. The van der Waals surface area contributed by atoms with Crippen molar-refractivity contribution in [2.75, 3.05) is 6.61 Å². The van der Waals surface area contributed by atoms with Crippen molar-refractivity contribution >= 4 is 11.9 Å². The summed E-state index contributed by atoms with van der Waals surface area (Å²) < 4.78 is 5.32. The number of para-hydroxylation sites is 1.